The third-order valence-electron chi connectivity index (χ3n) is 4.76. The van der Waals surface area contributed by atoms with Crippen LogP contribution in [0.1, 0.15) is 44.0 Å². The standard InChI is InChI=1S/C20H26F2N2O4/c1-4-28-20(27)13-7-6-10-24(11-13)19(26)17(12(2)3)23-18(25)16-14(21)8-5-9-15(16)22/h5,8-9,12-13,17H,4,6-7,10-11H2,1-3H3,(H,23,25). The van der Waals surface area contributed by atoms with Crippen LogP contribution in [0.2, 0.25) is 0 Å². The molecule has 0 aliphatic carbocycles. The van der Waals surface area contributed by atoms with Gasteiger partial charge in [0.15, 0.2) is 0 Å². The number of hydrogen-bond acceptors (Lipinski definition) is 4. The first-order valence-electron chi connectivity index (χ1n) is 9.46. The number of halogens is 2. The van der Waals surface area contributed by atoms with Crippen molar-refractivity contribution in [3.63, 3.8) is 0 Å². The van der Waals surface area contributed by atoms with Gasteiger partial charge in [0.25, 0.3) is 5.91 Å². The van der Waals surface area contributed by atoms with Crippen LogP contribution < -0.4 is 5.32 Å². The van der Waals surface area contributed by atoms with Gasteiger partial charge in [0, 0.05) is 13.1 Å². The zero-order valence-electron chi connectivity index (χ0n) is 16.3. The monoisotopic (exact) mass is 396 g/mol. The minimum atomic E-state index is -0.993. The summed E-state index contributed by atoms with van der Waals surface area (Å²) in [5.41, 5.74) is -0.719. The Hall–Kier alpha value is -2.51. The van der Waals surface area contributed by atoms with Gasteiger partial charge in [0.05, 0.1) is 12.5 Å². The molecule has 0 saturated carbocycles. The van der Waals surface area contributed by atoms with Gasteiger partial charge in [0.1, 0.15) is 23.2 Å². The first-order valence-corrected chi connectivity index (χ1v) is 9.46. The fraction of sp³-hybridized carbons (Fsp3) is 0.550. The zero-order valence-corrected chi connectivity index (χ0v) is 16.3. The van der Waals surface area contributed by atoms with E-state index in [9.17, 15) is 23.2 Å². The second-order valence-corrected chi connectivity index (χ2v) is 7.17. The maximum absolute atomic E-state index is 13.9. The van der Waals surface area contributed by atoms with Gasteiger partial charge in [-0.3, -0.25) is 14.4 Å². The molecule has 1 fully saturated rings. The van der Waals surface area contributed by atoms with Crippen LogP contribution in [0.25, 0.3) is 0 Å². The molecule has 2 rings (SSSR count). The maximum Gasteiger partial charge on any atom is 0.310 e. The molecule has 0 aromatic heterocycles. The third kappa shape index (κ3) is 5.05. The first-order chi connectivity index (χ1) is 13.3. The maximum atomic E-state index is 13.9. The number of amides is 2. The van der Waals surface area contributed by atoms with Crippen LogP contribution in [-0.4, -0.2) is 48.4 Å². The lowest BCUT2D eigenvalue weighted by Gasteiger charge is -2.35. The molecular weight excluding hydrogens is 370 g/mol. The molecule has 1 aromatic rings. The topological polar surface area (TPSA) is 75.7 Å². The second-order valence-electron chi connectivity index (χ2n) is 7.17. The molecule has 154 valence electrons. The number of ether oxygens (including phenoxy) is 1. The normalized spacial score (nSPS) is 17.9. The van der Waals surface area contributed by atoms with Crippen molar-refractivity contribution in [2.24, 2.45) is 11.8 Å². The molecule has 1 aromatic carbocycles. The van der Waals surface area contributed by atoms with Gasteiger partial charge in [-0.05, 0) is 37.8 Å². The van der Waals surface area contributed by atoms with Crippen LogP contribution >= 0.6 is 0 Å². The van der Waals surface area contributed by atoms with E-state index in [4.69, 9.17) is 4.74 Å². The van der Waals surface area contributed by atoms with Crippen molar-refractivity contribution >= 4 is 17.8 Å². The van der Waals surface area contributed by atoms with Crippen molar-refractivity contribution in [3.8, 4) is 0 Å². The van der Waals surface area contributed by atoms with Gasteiger partial charge in [0.2, 0.25) is 5.91 Å². The van der Waals surface area contributed by atoms with Crippen LogP contribution in [0.3, 0.4) is 0 Å². The molecule has 0 bridgehead atoms. The Kier molecular flexibility index (Phi) is 7.48. The van der Waals surface area contributed by atoms with Crippen LogP contribution in [0.4, 0.5) is 8.78 Å². The van der Waals surface area contributed by atoms with Crippen LogP contribution in [0.5, 0.6) is 0 Å². The van der Waals surface area contributed by atoms with Crippen molar-refractivity contribution in [1.82, 2.24) is 10.2 Å². The Morgan fingerprint density at radius 2 is 1.89 bits per heavy atom. The number of piperidine rings is 1. The van der Waals surface area contributed by atoms with E-state index in [1.165, 1.54) is 4.90 Å². The summed E-state index contributed by atoms with van der Waals surface area (Å²) in [6, 6.07) is 2.17. The molecule has 0 radical (unpaired) electrons. The largest absolute Gasteiger partial charge is 0.466 e. The Morgan fingerprint density at radius 1 is 1.25 bits per heavy atom. The molecule has 1 heterocycles. The highest BCUT2D eigenvalue weighted by Gasteiger charge is 2.35. The van der Waals surface area contributed by atoms with E-state index in [2.05, 4.69) is 5.32 Å². The van der Waals surface area contributed by atoms with Crippen molar-refractivity contribution in [2.45, 2.75) is 39.7 Å². The molecule has 8 heteroatoms. The van der Waals surface area contributed by atoms with Gasteiger partial charge < -0.3 is 15.0 Å². The Bertz CT molecular complexity index is 719. The number of hydrogen-bond donors (Lipinski definition) is 1. The quantitative estimate of drug-likeness (QED) is 0.750. The summed E-state index contributed by atoms with van der Waals surface area (Å²) in [5, 5.41) is 2.45. The van der Waals surface area contributed by atoms with Gasteiger partial charge in [-0.15, -0.1) is 0 Å². The second kappa shape index (κ2) is 9.61. The Labute approximate surface area is 163 Å². The number of rotatable bonds is 6. The predicted octanol–water partition coefficient (Wildman–Crippen LogP) is 2.52. The number of benzene rings is 1. The minimum absolute atomic E-state index is 0.199. The average Bonchev–Trinajstić information content (AvgIpc) is 2.65. The molecule has 1 aliphatic rings. The summed E-state index contributed by atoms with van der Waals surface area (Å²) in [5.74, 6) is -4.42. The summed E-state index contributed by atoms with van der Waals surface area (Å²) < 4.78 is 32.8. The van der Waals surface area contributed by atoms with Crippen molar-refractivity contribution in [2.75, 3.05) is 19.7 Å². The highest BCUT2D eigenvalue weighted by molar-refractivity contribution is 5.98. The fourth-order valence-electron chi connectivity index (χ4n) is 3.27. The molecule has 2 atom stereocenters. The molecular formula is C20H26F2N2O4. The predicted molar refractivity (Wildman–Crippen MR) is 98.4 cm³/mol. The van der Waals surface area contributed by atoms with Gasteiger partial charge >= 0.3 is 5.97 Å². The SMILES string of the molecule is CCOC(=O)C1CCCN(C(=O)C(NC(=O)c2c(F)cccc2F)C(C)C)C1. The molecule has 0 spiro atoms. The van der Waals surface area contributed by atoms with Crippen molar-refractivity contribution < 1.29 is 27.9 Å². The summed E-state index contributed by atoms with van der Waals surface area (Å²) in [6.45, 7) is 6.09. The van der Waals surface area contributed by atoms with Gasteiger partial charge in [-0.1, -0.05) is 19.9 Å². The summed E-state index contributed by atoms with van der Waals surface area (Å²) in [7, 11) is 0. The summed E-state index contributed by atoms with van der Waals surface area (Å²) in [6.07, 6.45) is 1.26. The zero-order chi connectivity index (χ0) is 20.8. The van der Waals surface area contributed by atoms with E-state index >= 15 is 0 Å². The number of nitrogens with zero attached hydrogens (tertiary/aromatic N) is 1. The molecule has 2 amide bonds. The Balaban J connectivity index is 2.13. The number of carbonyl (C=O) groups is 3. The first kappa shape index (κ1) is 21.8. The van der Waals surface area contributed by atoms with E-state index in [-0.39, 0.29) is 30.9 Å². The van der Waals surface area contributed by atoms with Crippen molar-refractivity contribution in [1.29, 1.82) is 0 Å². The fourth-order valence-corrected chi connectivity index (χ4v) is 3.27. The number of nitrogens with one attached hydrogen (secondary N) is 1. The van der Waals surface area contributed by atoms with E-state index in [1.807, 2.05) is 0 Å². The molecule has 1 saturated heterocycles. The van der Waals surface area contributed by atoms with Crippen LogP contribution in [0.15, 0.2) is 18.2 Å². The molecule has 1 aliphatic heterocycles. The number of likely N-dealkylation sites (tertiary alicyclic amines) is 1. The smallest absolute Gasteiger partial charge is 0.310 e. The summed E-state index contributed by atoms with van der Waals surface area (Å²) >= 11 is 0. The van der Waals surface area contributed by atoms with E-state index in [0.29, 0.717) is 19.4 Å². The molecule has 6 nitrogen and oxygen atoms in total. The lowest BCUT2D eigenvalue weighted by molar-refractivity contribution is -0.151. The summed E-state index contributed by atoms with van der Waals surface area (Å²) in [4.78, 5) is 38.9. The Morgan fingerprint density at radius 3 is 2.46 bits per heavy atom. The van der Waals surface area contributed by atoms with E-state index in [1.54, 1.807) is 20.8 Å². The average molecular weight is 396 g/mol. The molecule has 28 heavy (non-hydrogen) atoms. The molecule has 1 N–H and O–H groups in total. The highest BCUT2D eigenvalue weighted by Crippen LogP contribution is 2.20. The number of carbonyl (C=O) groups excluding carboxylic acids is 3. The minimum Gasteiger partial charge on any atom is -0.466 e. The van der Waals surface area contributed by atoms with Gasteiger partial charge in [-0.25, -0.2) is 8.78 Å². The lowest BCUT2D eigenvalue weighted by atomic mass is 9.95. The van der Waals surface area contributed by atoms with Gasteiger partial charge in [-0.2, -0.15) is 0 Å². The van der Waals surface area contributed by atoms with E-state index < -0.39 is 35.1 Å². The highest BCUT2D eigenvalue weighted by atomic mass is 19.1. The van der Waals surface area contributed by atoms with Crippen LogP contribution in [0, 0.1) is 23.5 Å². The lowest BCUT2D eigenvalue weighted by Crippen LogP contribution is -2.54. The van der Waals surface area contributed by atoms with E-state index in [0.717, 1.165) is 18.2 Å². The van der Waals surface area contributed by atoms with Crippen LogP contribution in [-0.2, 0) is 14.3 Å². The number of esters is 1. The molecule has 2 unspecified atom stereocenters. The van der Waals surface area contributed by atoms with Crippen molar-refractivity contribution in [3.05, 3.63) is 35.4 Å². The third-order valence-corrected chi connectivity index (χ3v) is 4.76.